The van der Waals surface area contributed by atoms with Crippen LogP contribution < -0.4 is 9.47 Å². The zero-order valence-corrected chi connectivity index (χ0v) is 9.21. The van der Waals surface area contributed by atoms with Crippen molar-refractivity contribution < 1.29 is 19.1 Å². The maximum absolute atomic E-state index is 11.0. The first kappa shape index (κ1) is 10.8. The molecule has 2 heterocycles. The second-order valence-electron chi connectivity index (χ2n) is 4.17. The molecule has 0 radical (unpaired) electrons. The SMILES string of the molecule is N#CC1(c2cc3c(c([N+](=O)[O-])c2)OCO3)COC1. The molecule has 2 aliphatic heterocycles. The summed E-state index contributed by atoms with van der Waals surface area (Å²) in [6, 6.07) is 5.12. The Hall–Kier alpha value is -2.33. The fraction of sp³-hybridized carbons (Fsp3) is 0.364. The van der Waals surface area contributed by atoms with Gasteiger partial charge in [-0.2, -0.15) is 5.26 Å². The number of hydrogen-bond acceptors (Lipinski definition) is 6. The molecular formula is C11H8N2O5. The summed E-state index contributed by atoms with van der Waals surface area (Å²) in [5.41, 5.74) is -0.458. The van der Waals surface area contributed by atoms with E-state index in [-0.39, 0.29) is 31.4 Å². The van der Waals surface area contributed by atoms with E-state index in [9.17, 15) is 15.4 Å². The van der Waals surface area contributed by atoms with Crippen LogP contribution in [0, 0.1) is 21.4 Å². The smallest absolute Gasteiger partial charge is 0.315 e. The van der Waals surface area contributed by atoms with Crippen molar-refractivity contribution >= 4 is 5.69 Å². The third-order valence-electron chi connectivity index (χ3n) is 3.11. The topological polar surface area (TPSA) is 94.6 Å². The van der Waals surface area contributed by atoms with E-state index in [1.54, 1.807) is 6.07 Å². The largest absolute Gasteiger partial charge is 0.453 e. The van der Waals surface area contributed by atoms with Crippen molar-refractivity contribution in [3.8, 4) is 17.6 Å². The quantitative estimate of drug-likeness (QED) is 0.574. The highest BCUT2D eigenvalue weighted by Crippen LogP contribution is 2.45. The first-order valence-electron chi connectivity index (χ1n) is 5.24. The molecule has 3 rings (SSSR count). The number of hydrogen-bond donors (Lipinski definition) is 0. The van der Waals surface area contributed by atoms with Crippen LogP contribution in [0.25, 0.3) is 0 Å². The standard InChI is InChI=1S/C11H8N2O5/c12-3-11(4-16-5-11)7-1-8(13(14)15)10-9(2-7)17-6-18-10/h1-2H,4-6H2. The Morgan fingerprint density at radius 1 is 1.39 bits per heavy atom. The van der Waals surface area contributed by atoms with Crippen LogP contribution in [0.5, 0.6) is 11.5 Å². The van der Waals surface area contributed by atoms with Gasteiger partial charge in [0.05, 0.1) is 24.2 Å². The highest BCUT2D eigenvalue weighted by Gasteiger charge is 2.43. The van der Waals surface area contributed by atoms with Gasteiger partial charge in [0.2, 0.25) is 12.5 Å². The Morgan fingerprint density at radius 2 is 2.17 bits per heavy atom. The van der Waals surface area contributed by atoms with Crippen molar-refractivity contribution in [3.63, 3.8) is 0 Å². The molecule has 18 heavy (non-hydrogen) atoms. The van der Waals surface area contributed by atoms with Gasteiger partial charge in [0, 0.05) is 6.07 Å². The normalized spacial score (nSPS) is 18.8. The molecule has 7 heteroatoms. The molecule has 0 aliphatic carbocycles. The van der Waals surface area contributed by atoms with Crippen LogP contribution in [0.4, 0.5) is 5.69 Å². The van der Waals surface area contributed by atoms with E-state index in [2.05, 4.69) is 6.07 Å². The molecule has 0 saturated carbocycles. The van der Waals surface area contributed by atoms with Gasteiger partial charge in [-0.25, -0.2) is 0 Å². The Balaban J connectivity index is 2.15. The van der Waals surface area contributed by atoms with E-state index in [0.717, 1.165) is 0 Å². The summed E-state index contributed by atoms with van der Waals surface area (Å²) >= 11 is 0. The van der Waals surface area contributed by atoms with Gasteiger partial charge in [-0.3, -0.25) is 10.1 Å². The molecule has 0 atom stereocenters. The average molecular weight is 248 g/mol. The van der Waals surface area contributed by atoms with Crippen LogP contribution >= 0.6 is 0 Å². The van der Waals surface area contributed by atoms with E-state index >= 15 is 0 Å². The summed E-state index contributed by atoms with van der Waals surface area (Å²) in [5, 5.41) is 20.2. The van der Waals surface area contributed by atoms with Crippen LogP contribution in [-0.4, -0.2) is 24.9 Å². The third kappa shape index (κ3) is 1.33. The molecule has 92 valence electrons. The fourth-order valence-corrected chi connectivity index (χ4v) is 2.01. The van der Waals surface area contributed by atoms with Crippen LogP contribution in [0.3, 0.4) is 0 Å². The predicted molar refractivity (Wildman–Crippen MR) is 57.3 cm³/mol. The molecular weight excluding hydrogens is 240 g/mol. The van der Waals surface area contributed by atoms with Crippen molar-refractivity contribution in [2.75, 3.05) is 20.0 Å². The van der Waals surface area contributed by atoms with Gasteiger partial charge in [0.15, 0.2) is 5.75 Å². The van der Waals surface area contributed by atoms with E-state index in [1.165, 1.54) is 6.07 Å². The zero-order valence-electron chi connectivity index (χ0n) is 9.21. The summed E-state index contributed by atoms with van der Waals surface area (Å²) in [5.74, 6) is 0.429. The Labute approximate surface area is 102 Å². The lowest BCUT2D eigenvalue weighted by atomic mass is 9.80. The minimum absolute atomic E-state index is 0.0460. The summed E-state index contributed by atoms with van der Waals surface area (Å²) in [6.07, 6.45) is 0. The Kier molecular flexibility index (Phi) is 2.15. The first-order valence-corrected chi connectivity index (χ1v) is 5.24. The molecule has 7 nitrogen and oxygen atoms in total. The maximum Gasteiger partial charge on any atom is 0.315 e. The molecule has 0 amide bonds. The number of rotatable bonds is 2. The molecule has 1 fully saturated rings. The summed E-state index contributed by atoms with van der Waals surface area (Å²) in [4.78, 5) is 10.5. The fourth-order valence-electron chi connectivity index (χ4n) is 2.01. The Bertz CT molecular complexity index is 574. The predicted octanol–water partition coefficient (Wildman–Crippen LogP) is 1.12. The molecule has 1 saturated heterocycles. The third-order valence-corrected chi connectivity index (χ3v) is 3.11. The van der Waals surface area contributed by atoms with Gasteiger partial charge < -0.3 is 14.2 Å². The van der Waals surface area contributed by atoms with Crippen molar-refractivity contribution in [2.24, 2.45) is 0 Å². The average Bonchev–Trinajstić information content (AvgIpc) is 2.75. The minimum Gasteiger partial charge on any atom is -0.453 e. The van der Waals surface area contributed by atoms with Gasteiger partial charge in [-0.15, -0.1) is 0 Å². The van der Waals surface area contributed by atoms with Crippen molar-refractivity contribution in [1.29, 1.82) is 5.26 Å². The number of benzene rings is 1. The van der Waals surface area contributed by atoms with E-state index in [4.69, 9.17) is 14.2 Å². The second-order valence-corrected chi connectivity index (χ2v) is 4.17. The summed E-state index contributed by atoms with van der Waals surface area (Å²) < 4.78 is 15.3. The molecule has 0 unspecified atom stereocenters. The van der Waals surface area contributed by atoms with Crippen LogP contribution in [0.1, 0.15) is 5.56 Å². The molecule has 1 aromatic carbocycles. The number of nitriles is 1. The molecule has 0 aromatic heterocycles. The monoisotopic (exact) mass is 248 g/mol. The molecule has 0 spiro atoms. The number of nitro groups is 1. The molecule has 1 aromatic rings. The second kappa shape index (κ2) is 3.58. The van der Waals surface area contributed by atoms with E-state index in [0.29, 0.717) is 11.3 Å². The number of ether oxygens (including phenoxy) is 3. The van der Waals surface area contributed by atoms with Crippen LogP contribution in [0.15, 0.2) is 12.1 Å². The molecule has 0 N–H and O–H groups in total. The lowest BCUT2D eigenvalue weighted by Gasteiger charge is -2.35. The molecule has 2 aliphatic rings. The van der Waals surface area contributed by atoms with Crippen LogP contribution in [-0.2, 0) is 10.2 Å². The van der Waals surface area contributed by atoms with Gasteiger partial charge in [-0.05, 0) is 11.6 Å². The number of fused-ring (bicyclic) bond motifs is 1. The maximum atomic E-state index is 11.0. The van der Waals surface area contributed by atoms with Crippen LogP contribution in [0.2, 0.25) is 0 Å². The highest BCUT2D eigenvalue weighted by molar-refractivity contribution is 5.61. The van der Waals surface area contributed by atoms with Gasteiger partial charge in [0.25, 0.3) is 0 Å². The number of nitrogens with zero attached hydrogens (tertiary/aromatic N) is 2. The Morgan fingerprint density at radius 3 is 2.72 bits per heavy atom. The highest BCUT2D eigenvalue weighted by atomic mass is 16.7. The van der Waals surface area contributed by atoms with Crippen molar-refractivity contribution in [2.45, 2.75) is 5.41 Å². The lowest BCUT2D eigenvalue weighted by Crippen LogP contribution is -2.45. The van der Waals surface area contributed by atoms with Gasteiger partial charge in [0.1, 0.15) is 5.41 Å². The lowest BCUT2D eigenvalue weighted by molar-refractivity contribution is -0.385. The van der Waals surface area contributed by atoms with Gasteiger partial charge in [-0.1, -0.05) is 0 Å². The summed E-state index contributed by atoms with van der Waals surface area (Å²) in [6.45, 7) is 0.427. The first-order chi connectivity index (χ1) is 8.66. The molecule has 0 bridgehead atoms. The van der Waals surface area contributed by atoms with Gasteiger partial charge >= 0.3 is 5.69 Å². The zero-order chi connectivity index (χ0) is 12.8. The van der Waals surface area contributed by atoms with E-state index < -0.39 is 10.3 Å². The van der Waals surface area contributed by atoms with E-state index in [1.807, 2.05) is 0 Å². The minimum atomic E-state index is -0.814. The van der Waals surface area contributed by atoms with Crippen molar-refractivity contribution in [3.05, 3.63) is 27.8 Å². The summed E-state index contributed by atoms with van der Waals surface area (Å²) in [7, 11) is 0. The van der Waals surface area contributed by atoms with Crippen molar-refractivity contribution in [1.82, 2.24) is 0 Å². The number of nitro benzene ring substituents is 1.